The number of esters is 2. The first kappa shape index (κ1) is 18.1. The molecule has 1 aromatic rings. The number of hydrogen-bond donors (Lipinski definition) is 1. The number of rotatable bonds is 3. The topological polar surface area (TPSA) is 107 Å². The maximum absolute atomic E-state index is 11.4. The third kappa shape index (κ3) is 4.29. The van der Waals surface area contributed by atoms with E-state index in [1.54, 1.807) is 0 Å². The number of carbonyl (C=O) groups excluding carboxylic acids is 2. The number of hydrogen-bond acceptors (Lipinski definition) is 6. The molecule has 1 N–H and O–H groups in total. The number of benzene rings is 1. The Morgan fingerprint density at radius 2 is 1.68 bits per heavy atom. The zero-order valence-corrected chi connectivity index (χ0v) is 13.4. The minimum absolute atomic E-state index is 0. The molecule has 0 saturated heterocycles. The van der Waals surface area contributed by atoms with Gasteiger partial charge in [0.05, 0.1) is 25.3 Å². The number of methoxy groups -OCH3 is 2. The van der Waals surface area contributed by atoms with Crippen molar-refractivity contribution in [2.24, 2.45) is 0 Å². The second kappa shape index (κ2) is 7.01. The van der Waals surface area contributed by atoms with Gasteiger partial charge in [-0.25, -0.2) is 9.59 Å². The van der Waals surface area contributed by atoms with Crippen LogP contribution in [0, 0.1) is 0 Å². The fourth-order valence-electron chi connectivity index (χ4n) is 1.27. The molecule has 7 nitrogen and oxygen atoms in total. The molecular formula is C10H11NaO7S. The molecule has 0 unspecified atom stereocenters. The molecule has 19 heavy (non-hydrogen) atoms. The van der Waals surface area contributed by atoms with Crippen LogP contribution in [-0.4, -0.2) is 39.1 Å². The maximum Gasteiger partial charge on any atom is 1.00 e. The van der Waals surface area contributed by atoms with Crippen molar-refractivity contribution in [2.75, 3.05) is 14.2 Å². The van der Waals surface area contributed by atoms with Gasteiger partial charge in [-0.1, -0.05) is 0 Å². The van der Waals surface area contributed by atoms with Gasteiger partial charge in [0.15, 0.2) is 0 Å². The van der Waals surface area contributed by atoms with Gasteiger partial charge in [-0.15, -0.1) is 0 Å². The van der Waals surface area contributed by atoms with Crippen LogP contribution in [-0.2, 0) is 19.6 Å². The van der Waals surface area contributed by atoms with Crippen LogP contribution in [0.1, 0.15) is 22.1 Å². The van der Waals surface area contributed by atoms with Crippen LogP contribution in [0.3, 0.4) is 0 Å². The van der Waals surface area contributed by atoms with Crippen molar-refractivity contribution in [1.29, 1.82) is 0 Å². The van der Waals surface area contributed by atoms with E-state index in [1.165, 1.54) is 0 Å². The Morgan fingerprint density at radius 3 is 2.11 bits per heavy atom. The van der Waals surface area contributed by atoms with Crippen LogP contribution in [0.4, 0.5) is 0 Å². The van der Waals surface area contributed by atoms with Gasteiger partial charge >= 0.3 is 41.5 Å². The van der Waals surface area contributed by atoms with Gasteiger partial charge in [0, 0.05) is 0 Å². The molecular weight excluding hydrogens is 287 g/mol. The van der Waals surface area contributed by atoms with Gasteiger partial charge in [-0.2, -0.15) is 8.42 Å². The van der Waals surface area contributed by atoms with Crippen LogP contribution in [0.2, 0.25) is 0 Å². The van der Waals surface area contributed by atoms with Crippen molar-refractivity contribution < 1.29 is 63.0 Å². The van der Waals surface area contributed by atoms with E-state index in [-0.39, 0.29) is 36.5 Å². The van der Waals surface area contributed by atoms with E-state index < -0.39 is 32.5 Å². The van der Waals surface area contributed by atoms with Crippen LogP contribution in [0.25, 0.3) is 0 Å². The van der Waals surface area contributed by atoms with Crippen LogP contribution in [0.15, 0.2) is 23.1 Å². The smallest absolute Gasteiger partial charge is 1.00 e. The summed E-state index contributed by atoms with van der Waals surface area (Å²) >= 11 is 0. The SMILES string of the molecule is COC(=O)c1ccc(S(=O)(=O)O)c(C(=O)OC)c1.[H-].[Na+]. The Hall–Kier alpha value is -0.930. The van der Waals surface area contributed by atoms with E-state index in [9.17, 15) is 18.0 Å². The summed E-state index contributed by atoms with van der Waals surface area (Å²) in [4.78, 5) is 22.0. The average Bonchev–Trinajstić information content (AvgIpc) is 2.35. The van der Waals surface area contributed by atoms with Crippen molar-refractivity contribution in [2.45, 2.75) is 4.90 Å². The van der Waals surface area contributed by atoms with Gasteiger partial charge in [0.25, 0.3) is 10.1 Å². The van der Waals surface area contributed by atoms with Crippen molar-refractivity contribution in [3.05, 3.63) is 29.3 Å². The number of ether oxygens (including phenoxy) is 2. The Bertz CT molecular complexity index is 600. The first-order chi connectivity index (χ1) is 8.31. The van der Waals surface area contributed by atoms with E-state index in [0.717, 1.165) is 32.4 Å². The average molecular weight is 298 g/mol. The molecule has 0 aliphatic heterocycles. The van der Waals surface area contributed by atoms with Crippen molar-refractivity contribution in [3.8, 4) is 0 Å². The Kier molecular flexibility index (Phi) is 6.67. The largest absolute Gasteiger partial charge is 1.00 e. The Balaban J connectivity index is 0. The zero-order chi connectivity index (χ0) is 13.9. The van der Waals surface area contributed by atoms with Crippen LogP contribution >= 0.6 is 0 Å². The summed E-state index contributed by atoms with van der Waals surface area (Å²) in [5.74, 6) is -1.74. The second-order valence-corrected chi connectivity index (χ2v) is 4.56. The molecule has 0 radical (unpaired) electrons. The molecule has 0 fully saturated rings. The summed E-state index contributed by atoms with van der Waals surface area (Å²) < 4.78 is 39.9. The molecule has 0 spiro atoms. The zero-order valence-electron chi connectivity index (χ0n) is 11.5. The van der Waals surface area contributed by atoms with Crippen molar-refractivity contribution in [3.63, 3.8) is 0 Å². The summed E-state index contributed by atoms with van der Waals surface area (Å²) in [6.45, 7) is 0. The predicted octanol–water partition coefficient (Wildman–Crippen LogP) is -2.38. The molecule has 0 aliphatic carbocycles. The first-order valence-corrected chi connectivity index (χ1v) is 6.03. The van der Waals surface area contributed by atoms with Gasteiger partial charge in [0.2, 0.25) is 0 Å². The van der Waals surface area contributed by atoms with E-state index in [2.05, 4.69) is 9.47 Å². The molecule has 0 saturated carbocycles. The third-order valence-electron chi connectivity index (χ3n) is 2.08. The van der Waals surface area contributed by atoms with E-state index in [0.29, 0.717) is 0 Å². The third-order valence-corrected chi connectivity index (χ3v) is 3.00. The minimum atomic E-state index is -4.59. The van der Waals surface area contributed by atoms with Gasteiger partial charge in [-0.05, 0) is 18.2 Å². The number of carbonyl (C=O) groups is 2. The maximum atomic E-state index is 11.4. The van der Waals surface area contributed by atoms with Crippen molar-refractivity contribution in [1.82, 2.24) is 0 Å². The Labute approximate surface area is 133 Å². The van der Waals surface area contributed by atoms with Crippen LogP contribution in [0.5, 0.6) is 0 Å². The molecule has 0 atom stereocenters. The molecule has 0 heterocycles. The quantitative estimate of drug-likeness (QED) is 0.377. The van der Waals surface area contributed by atoms with Gasteiger partial charge < -0.3 is 10.9 Å². The standard InChI is InChI=1S/C10H10O7S.Na.H/c1-16-9(11)6-3-4-8(18(13,14)15)7(5-6)10(12)17-2;;/h3-5H,1-2H3,(H,13,14,15);;/q;+1;-1. The van der Waals surface area contributed by atoms with E-state index in [1.807, 2.05) is 0 Å². The Morgan fingerprint density at radius 1 is 1.16 bits per heavy atom. The molecule has 0 aliphatic rings. The van der Waals surface area contributed by atoms with Gasteiger partial charge in [-0.3, -0.25) is 4.55 Å². The monoisotopic (exact) mass is 298 g/mol. The summed E-state index contributed by atoms with van der Waals surface area (Å²) in [5.41, 5.74) is -0.479. The van der Waals surface area contributed by atoms with Crippen LogP contribution < -0.4 is 29.6 Å². The summed E-state index contributed by atoms with van der Waals surface area (Å²) in [6.07, 6.45) is 0. The molecule has 1 aromatic carbocycles. The molecule has 9 heteroatoms. The molecule has 0 aromatic heterocycles. The molecule has 0 amide bonds. The van der Waals surface area contributed by atoms with E-state index in [4.69, 9.17) is 4.55 Å². The minimum Gasteiger partial charge on any atom is -1.00 e. The summed E-state index contributed by atoms with van der Waals surface area (Å²) in [5, 5.41) is 0. The fourth-order valence-corrected chi connectivity index (χ4v) is 1.93. The predicted molar refractivity (Wildman–Crippen MR) is 60.0 cm³/mol. The van der Waals surface area contributed by atoms with E-state index >= 15 is 0 Å². The molecule has 0 bridgehead atoms. The second-order valence-electron chi connectivity index (χ2n) is 3.17. The normalized spacial score (nSPS) is 10.3. The van der Waals surface area contributed by atoms with Gasteiger partial charge in [0.1, 0.15) is 4.90 Å². The molecule has 1 rings (SSSR count). The molecule has 100 valence electrons. The first-order valence-electron chi connectivity index (χ1n) is 4.59. The summed E-state index contributed by atoms with van der Waals surface area (Å²) in [6, 6.07) is 3.01. The fraction of sp³-hybridized carbons (Fsp3) is 0.200. The summed E-state index contributed by atoms with van der Waals surface area (Å²) in [7, 11) is -2.41. The van der Waals surface area contributed by atoms with Crippen molar-refractivity contribution >= 4 is 22.1 Å².